The lowest BCUT2D eigenvalue weighted by Crippen LogP contribution is -2.36. The molecule has 19 heavy (non-hydrogen) atoms. The minimum absolute atomic E-state index is 0.202. The van der Waals surface area contributed by atoms with Gasteiger partial charge in [-0.2, -0.15) is 0 Å². The largest absolute Gasteiger partial charge is 0.307 e. The Morgan fingerprint density at radius 2 is 2.16 bits per heavy atom. The van der Waals surface area contributed by atoms with Gasteiger partial charge in [0.15, 0.2) is 0 Å². The van der Waals surface area contributed by atoms with Crippen LogP contribution in [0.2, 0.25) is 0 Å². The van der Waals surface area contributed by atoms with Crippen LogP contribution >= 0.6 is 0 Å². The lowest BCUT2D eigenvalue weighted by atomic mass is 9.84. The Morgan fingerprint density at radius 1 is 1.26 bits per heavy atom. The molecule has 1 aromatic carbocycles. The van der Waals surface area contributed by atoms with Crippen molar-refractivity contribution in [3.05, 3.63) is 41.6 Å². The van der Waals surface area contributed by atoms with Crippen LogP contribution in [-0.2, 0) is 5.54 Å². The molecule has 0 amide bonds. The average molecular weight is 254 g/mol. The first-order valence-corrected chi connectivity index (χ1v) is 7.36. The van der Waals surface area contributed by atoms with Crippen molar-refractivity contribution in [1.29, 1.82) is 0 Å². The third-order valence-electron chi connectivity index (χ3n) is 4.30. The summed E-state index contributed by atoms with van der Waals surface area (Å²) >= 11 is 0. The second-order valence-corrected chi connectivity index (χ2v) is 5.72. The molecule has 2 aromatic rings. The van der Waals surface area contributed by atoms with E-state index in [0.29, 0.717) is 0 Å². The van der Waals surface area contributed by atoms with Gasteiger partial charge in [0.05, 0.1) is 5.52 Å². The minimum Gasteiger partial charge on any atom is -0.307 e. The van der Waals surface area contributed by atoms with Crippen LogP contribution in [0.15, 0.2) is 30.3 Å². The number of nitrogens with one attached hydrogen (secondary N) is 1. The third kappa shape index (κ3) is 2.25. The van der Waals surface area contributed by atoms with E-state index in [1.165, 1.54) is 36.6 Å². The van der Waals surface area contributed by atoms with Crippen molar-refractivity contribution in [3.63, 3.8) is 0 Å². The molecule has 2 heterocycles. The van der Waals surface area contributed by atoms with Gasteiger partial charge in [-0.05, 0) is 56.5 Å². The van der Waals surface area contributed by atoms with E-state index < -0.39 is 0 Å². The maximum Gasteiger partial charge on any atom is 0.0705 e. The normalized spacial score (nSPS) is 23.1. The molecule has 1 unspecified atom stereocenters. The predicted molar refractivity (Wildman–Crippen MR) is 80.3 cm³/mol. The van der Waals surface area contributed by atoms with Crippen LogP contribution in [0.4, 0.5) is 0 Å². The van der Waals surface area contributed by atoms with Crippen molar-refractivity contribution in [2.75, 3.05) is 6.54 Å². The highest BCUT2D eigenvalue weighted by Crippen LogP contribution is 2.36. The van der Waals surface area contributed by atoms with E-state index in [4.69, 9.17) is 0 Å². The maximum absolute atomic E-state index is 4.59. The Bertz CT molecular complexity index is 583. The third-order valence-corrected chi connectivity index (χ3v) is 4.30. The molecule has 1 atom stereocenters. The summed E-state index contributed by atoms with van der Waals surface area (Å²) in [5.41, 5.74) is 3.83. The van der Waals surface area contributed by atoms with E-state index in [-0.39, 0.29) is 5.54 Å². The monoisotopic (exact) mass is 254 g/mol. The Labute approximate surface area is 115 Å². The van der Waals surface area contributed by atoms with Gasteiger partial charge in [0, 0.05) is 16.6 Å². The number of hydrogen-bond acceptors (Lipinski definition) is 2. The molecule has 2 nitrogen and oxygen atoms in total. The van der Waals surface area contributed by atoms with Gasteiger partial charge in [-0.1, -0.05) is 25.5 Å². The average Bonchev–Trinajstić information content (AvgIpc) is 2.88. The van der Waals surface area contributed by atoms with Gasteiger partial charge in [0.25, 0.3) is 0 Å². The fraction of sp³-hybridized carbons (Fsp3) is 0.471. The molecule has 1 N–H and O–H groups in total. The summed E-state index contributed by atoms with van der Waals surface area (Å²) in [6, 6.07) is 11.1. The molecule has 2 heteroatoms. The zero-order chi connectivity index (χ0) is 13.3. The number of aryl methyl sites for hydroxylation is 1. The van der Waals surface area contributed by atoms with Gasteiger partial charge in [0.1, 0.15) is 0 Å². The summed E-state index contributed by atoms with van der Waals surface area (Å²) in [4.78, 5) is 4.59. The van der Waals surface area contributed by atoms with E-state index in [9.17, 15) is 0 Å². The number of benzene rings is 1. The Hall–Kier alpha value is -1.41. The molecule has 1 aliphatic heterocycles. The Kier molecular flexibility index (Phi) is 3.28. The zero-order valence-electron chi connectivity index (χ0n) is 11.9. The summed E-state index contributed by atoms with van der Waals surface area (Å²) in [6.07, 6.45) is 4.98. The van der Waals surface area contributed by atoms with E-state index in [1.54, 1.807) is 0 Å². The SMILES string of the molecule is CCCC1(c2ccc3nc(C)ccc3c2)CCCN1. The standard InChI is InChI=1S/C17H22N2/c1-3-9-17(10-4-11-18-17)15-7-8-16-14(12-15)6-5-13(2)19-16/h5-8,12,18H,3-4,9-11H2,1-2H3. The molecule has 1 saturated heterocycles. The van der Waals surface area contributed by atoms with Crippen LogP contribution in [-0.4, -0.2) is 11.5 Å². The molecular formula is C17H22N2. The number of hydrogen-bond donors (Lipinski definition) is 1. The van der Waals surface area contributed by atoms with Crippen molar-refractivity contribution < 1.29 is 0 Å². The van der Waals surface area contributed by atoms with Crippen molar-refractivity contribution in [1.82, 2.24) is 10.3 Å². The van der Waals surface area contributed by atoms with Crippen molar-refractivity contribution >= 4 is 10.9 Å². The Balaban J connectivity index is 2.06. The molecule has 1 aromatic heterocycles. The first-order chi connectivity index (χ1) is 9.23. The van der Waals surface area contributed by atoms with E-state index in [2.05, 4.69) is 47.6 Å². The molecule has 0 aliphatic carbocycles. The summed E-state index contributed by atoms with van der Waals surface area (Å²) < 4.78 is 0. The Morgan fingerprint density at radius 3 is 2.89 bits per heavy atom. The van der Waals surface area contributed by atoms with E-state index in [0.717, 1.165) is 17.8 Å². The number of rotatable bonds is 3. The number of pyridine rings is 1. The molecule has 0 saturated carbocycles. The molecule has 0 radical (unpaired) electrons. The second-order valence-electron chi connectivity index (χ2n) is 5.72. The van der Waals surface area contributed by atoms with Crippen molar-refractivity contribution in [3.8, 4) is 0 Å². The highest BCUT2D eigenvalue weighted by Gasteiger charge is 2.34. The molecule has 1 aliphatic rings. The van der Waals surface area contributed by atoms with Crippen LogP contribution in [0.3, 0.4) is 0 Å². The molecule has 3 rings (SSSR count). The van der Waals surface area contributed by atoms with Gasteiger partial charge < -0.3 is 5.32 Å². The fourth-order valence-electron chi connectivity index (χ4n) is 3.36. The summed E-state index contributed by atoms with van der Waals surface area (Å²) in [5.74, 6) is 0. The number of fused-ring (bicyclic) bond motifs is 1. The predicted octanol–water partition coefficient (Wildman–Crippen LogP) is 3.92. The van der Waals surface area contributed by atoms with Crippen molar-refractivity contribution in [2.24, 2.45) is 0 Å². The molecule has 1 fully saturated rings. The molecule has 100 valence electrons. The first-order valence-electron chi connectivity index (χ1n) is 7.36. The maximum atomic E-state index is 4.59. The smallest absolute Gasteiger partial charge is 0.0705 e. The van der Waals surface area contributed by atoms with Crippen LogP contribution in [0.25, 0.3) is 10.9 Å². The van der Waals surface area contributed by atoms with E-state index >= 15 is 0 Å². The highest BCUT2D eigenvalue weighted by atomic mass is 15.0. The quantitative estimate of drug-likeness (QED) is 0.898. The first kappa shape index (κ1) is 12.6. The summed E-state index contributed by atoms with van der Waals surface area (Å²) in [5, 5.41) is 5.00. The van der Waals surface area contributed by atoms with Crippen LogP contribution in [0, 0.1) is 6.92 Å². The van der Waals surface area contributed by atoms with Crippen LogP contribution < -0.4 is 5.32 Å². The topological polar surface area (TPSA) is 24.9 Å². The highest BCUT2D eigenvalue weighted by molar-refractivity contribution is 5.79. The zero-order valence-corrected chi connectivity index (χ0v) is 11.9. The summed E-state index contributed by atoms with van der Waals surface area (Å²) in [7, 11) is 0. The van der Waals surface area contributed by atoms with E-state index in [1.807, 2.05) is 6.92 Å². The molecule has 0 bridgehead atoms. The van der Waals surface area contributed by atoms with Crippen LogP contribution in [0.1, 0.15) is 43.9 Å². The van der Waals surface area contributed by atoms with Gasteiger partial charge in [-0.15, -0.1) is 0 Å². The summed E-state index contributed by atoms with van der Waals surface area (Å²) in [6.45, 7) is 5.46. The van der Waals surface area contributed by atoms with Gasteiger partial charge >= 0.3 is 0 Å². The molecular weight excluding hydrogens is 232 g/mol. The lowest BCUT2D eigenvalue weighted by Gasteiger charge is -2.30. The lowest BCUT2D eigenvalue weighted by molar-refractivity contribution is 0.356. The molecule has 0 spiro atoms. The minimum atomic E-state index is 0.202. The van der Waals surface area contributed by atoms with Crippen LogP contribution in [0.5, 0.6) is 0 Å². The second kappa shape index (κ2) is 4.93. The number of aromatic nitrogens is 1. The van der Waals surface area contributed by atoms with Gasteiger partial charge in [0.2, 0.25) is 0 Å². The van der Waals surface area contributed by atoms with Gasteiger partial charge in [-0.25, -0.2) is 0 Å². The number of nitrogens with zero attached hydrogens (tertiary/aromatic N) is 1. The van der Waals surface area contributed by atoms with Gasteiger partial charge in [-0.3, -0.25) is 4.98 Å². The van der Waals surface area contributed by atoms with Crippen molar-refractivity contribution in [2.45, 2.75) is 45.1 Å². The fourth-order valence-corrected chi connectivity index (χ4v) is 3.36.